The lowest BCUT2D eigenvalue weighted by molar-refractivity contribution is -0.145. The third-order valence-corrected chi connectivity index (χ3v) is 4.93. The number of carbonyl (C=O) groups is 1. The van der Waals surface area contributed by atoms with Crippen molar-refractivity contribution in [1.82, 2.24) is 0 Å². The number of allylic oxidation sites excluding steroid dienone is 2. The maximum absolute atomic E-state index is 12.3. The van der Waals surface area contributed by atoms with Crippen molar-refractivity contribution in [2.45, 2.75) is 39.7 Å². The predicted molar refractivity (Wildman–Crippen MR) is 68.5 cm³/mol. The Morgan fingerprint density at radius 3 is 2.82 bits per heavy atom. The molecular weight excluding hydrogens is 212 g/mol. The molecule has 2 nitrogen and oxygen atoms in total. The lowest BCUT2D eigenvalue weighted by Crippen LogP contribution is -2.52. The fraction of sp³-hybridized carbons (Fsp3) is 0.667. The van der Waals surface area contributed by atoms with E-state index in [1.807, 2.05) is 13.0 Å². The van der Waals surface area contributed by atoms with Gasteiger partial charge in [0, 0.05) is 11.8 Å². The summed E-state index contributed by atoms with van der Waals surface area (Å²) >= 11 is 0. The smallest absolute Gasteiger partial charge is 0.169 e. The van der Waals surface area contributed by atoms with Crippen LogP contribution < -0.4 is 0 Å². The number of hydrogen-bond acceptors (Lipinski definition) is 2. The maximum atomic E-state index is 12.3. The summed E-state index contributed by atoms with van der Waals surface area (Å²) in [7, 11) is 0. The van der Waals surface area contributed by atoms with Gasteiger partial charge in [-0.05, 0) is 31.1 Å². The summed E-state index contributed by atoms with van der Waals surface area (Å²) in [5, 5.41) is 10.1. The summed E-state index contributed by atoms with van der Waals surface area (Å²) < 4.78 is 0. The highest BCUT2D eigenvalue weighted by atomic mass is 16.3. The molecule has 1 saturated carbocycles. The normalized spacial score (nSPS) is 45.5. The second-order valence-corrected chi connectivity index (χ2v) is 6.05. The van der Waals surface area contributed by atoms with Crippen molar-refractivity contribution in [2.24, 2.45) is 23.2 Å². The summed E-state index contributed by atoms with van der Waals surface area (Å²) in [5.74, 6) is 0.278. The Balaban J connectivity index is 2.40. The van der Waals surface area contributed by atoms with Gasteiger partial charge in [-0.1, -0.05) is 38.2 Å². The fourth-order valence-electron chi connectivity index (χ4n) is 3.37. The molecule has 2 rings (SSSR count). The first-order valence-electron chi connectivity index (χ1n) is 6.41. The minimum absolute atomic E-state index is 0.0189. The first-order valence-corrected chi connectivity index (χ1v) is 6.41. The molecule has 0 unspecified atom stereocenters. The highest BCUT2D eigenvalue weighted by molar-refractivity contribution is 5.89. The molecule has 0 aromatic heterocycles. The molecule has 0 aromatic rings. The summed E-state index contributed by atoms with van der Waals surface area (Å²) in [5.41, 5.74) is 0.904. The first kappa shape index (κ1) is 12.6. The molecule has 0 spiro atoms. The molecule has 2 aliphatic carbocycles. The van der Waals surface area contributed by atoms with Gasteiger partial charge in [-0.15, -0.1) is 0 Å². The summed E-state index contributed by atoms with van der Waals surface area (Å²) in [6.45, 7) is 10.2. The van der Waals surface area contributed by atoms with Crippen molar-refractivity contribution in [1.29, 1.82) is 0 Å². The largest absolute Gasteiger partial charge is 0.385 e. The molecule has 1 N–H and O–H groups in total. The lowest BCUT2D eigenvalue weighted by Gasteiger charge is -2.50. The first-order chi connectivity index (χ1) is 7.88. The molecule has 94 valence electrons. The molecule has 1 fully saturated rings. The van der Waals surface area contributed by atoms with Crippen LogP contribution in [0.2, 0.25) is 0 Å². The highest BCUT2D eigenvalue weighted by Crippen LogP contribution is 2.52. The summed E-state index contributed by atoms with van der Waals surface area (Å²) in [6, 6.07) is 0. The monoisotopic (exact) mass is 234 g/mol. The summed E-state index contributed by atoms with van der Waals surface area (Å²) in [6.07, 6.45) is 5.12. The quantitative estimate of drug-likeness (QED) is 0.708. The number of fused-ring (bicyclic) bond motifs is 1. The molecule has 2 aliphatic rings. The van der Waals surface area contributed by atoms with Crippen LogP contribution in [0, 0.1) is 23.2 Å². The number of aliphatic hydroxyl groups excluding tert-OH is 1. The van der Waals surface area contributed by atoms with Crippen LogP contribution in [0.4, 0.5) is 0 Å². The Morgan fingerprint density at radius 1 is 1.59 bits per heavy atom. The number of aliphatic hydroxyl groups is 1. The van der Waals surface area contributed by atoms with Gasteiger partial charge in [-0.3, -0.25) is 4.79 Å². The Hall–Kier alpha value is -0.890. The zero-order valence-electron chi connectivity index (χ0n) is 10.9. The molecular formula is C15H22O2. The Morgan fingerprint density at radius 2 is 2.24 bits per heavy atom. The van der Waals surface area contributed by atoms with Crippen LogP contribution in [0.3, 0.4) is 0 Å². The lowest BCUT2D eigenvalue weighted by atomic mass is 9.54. The van der Waals surface area contributed by atoms with E-state index >= 15 is 0 Å². The van der Waals surface area contributed by atoms with Crippen LogP contribution in [0.15, 0.2) is 24.3 Å². The van der Waals surface area contributed by atoms with Gasteiger partial charge in [-0.2, -0.15) is 0 Å². The van der Waals surface area contributed by atoms with E-state index < -0.39 is 6.10 Å². The van der Waals surface area contributed by atoms with Gasteiger partial charge in [0.05, 0.1) is 0 Å². The maximum Gasteiger partial charge on any atom is 0.169 e. The van der Waals surface area contributed by atoms with E-state index in [9.17, 15) is 9.90 Å². The van der Waals surface area contributed by atoms with Crippen LogP contribution in [0.1, 0.15) is 33.6 Å². The van der Waals surface area contributed by atoms with Gasteiger partial charge in [0.1, 0.15) is 6.10 Å². The predicted octanol–water partition coefficient (Wildman–Crippen LogP) is 2.73. The van der Waals surface area contributed by atoms with Gasteiger partial charge in [-0.25, -0.2) is 0 Å². The third-order valence-electron chi connectivity index (χ3n) is 4.93. The van der Waals surface area contributed by atoms with Crippen LogP contribution in [0.25, 0.3) is 0 Å². The van der Waals surface area contributed by atoms with E-state index in [1.54, 1.807) is 0 Å². The average molecular weight is 234 g/mol. The van der Waals surface area contributed by atoms with E-state index in [2.05, 4.69) is 26.5 Å². The van der Waals surface area contributed by atoms with Crippen LogP contribution >= 0.6 is 0 Å². The zero-order valence-corrected chi connectivity index (χ0v) is 10.9. The van der Waals surface area contributed by atoms with Crippen LogP contribution in [-0.2, 0) is 4.79 Å². The Kier molecular flexibility index (Phi) is 3.03. The standard InChI is InChI=1S/C15H22O2/c1-9(2)11-8-15(4)10(3)6-5-7-12(15)14(17)13(11)16/h5,7,10-13,16H,1,6,8H2,2-4H3/t10-,11+,12+,13+,15+/m0/s1. The molecule has 0 bridgehead atoms. The van der Waals surface area contributed by atoms with E-state index in [0.29, 0.717) is 5.92 Å². The van der Waals surface area contributed by atoms with Crippen molar-refractivity contribution in [3.05, 3.63) is 24.3 Å². The van der Waals surface area contributed by atoms with Gasteiger partial charge < -0.3 is 5.11 Å². The van der Waals surface area contributed by atoms with E-state index in [1.165, 1.54) is 0 Å². The fourth-order valence-corrected chi connectivity index (χ4v) is 3.37. The van der Waals surface area contributed by atoms with Crippen molar-refractivity contribution in [3.8, 4) is 0 Å². The van der Waals surface area contributed by atoms with Crippen LogP contribution in [0.5, 0.6) is 0 Å². The Labute approximate surface area is 103 Å². The number of rotatable bonds is 1. The highest BCUT2D eigenvalue weighted by Gasteiger charge is 2.52. The van der Waals surface area contributed by atoms with Crippen molar-refractivity contribution >= 4 is 5.78 Å². The molecule has 0 aliphatic heterocycles. The van der Waals surface area contributed by atoms with Gasteiger partial charge in [0.15, 0.2) is 5.78 Å². The van der Waals surface area contributed by atoms with Crippen molar-refractivity contribution < 1.29 is 9.90 Å². The minimum Gasteiger partial charge on any atom is -0.385 e. The average Bonchev–Trinajstić information content (AvgIpc) is 2.26. The van der Waals surface area contributed by atoms with Gasteiger partial charge in [0.25, 0.3) is 0 Å². The topological polar surface area (TPSA) is 37.3 Å². The minimum atomic E-state index is -0.861. The molecule has 5 atom stereocenters. The molecule has 0 aromatic carbocycles. The van der Waals surface area contributed by atoms with Gasteiger partial charge in [0.2, 0.25) is 0 Å². The second kappa shape index (κ2) is 4.09. The third kappa shape index (κ3) is 1.79. The van der Waals surface area contributed by atoms with Crippen molar-refractivity contribution in [3.63, 3.8) is 0 Å². The number of Topliss-reactive ketones (excluding diaryl/α,β-unsaturated/α-hetero) is 1. The molecule has 0 saturated heterocycles. The van der Waals surface area contributed by atoms with Crippen molar-refractivity contribution in [2.75, 3.05) is 0 Å². The number of carbonyl (C=O) groups excluding carboxylic acids is 1. The van der Waals surface area contributed by atoms with Crippen LogP contribution in [-0.4, -0.2) is 17.0 Å². The Bertz CT molecular complexity index is 382. The second-order valence-electron chi connectivity index (χ2n) is 6.05. The zero-order chi connectivity index (χ0) is 12.8. The SMILES string of the molecule is C=C(C)[C@H]1C[C@@]2(C)[C@H](C=CC[C@@H]2C)C(=O)[C@@H]1O. The van der Waals surface area contributed by atoms with E-state index in [4.69, 9.17) is 0 Å². The van der Waals surface area contributed by atoms with Gasteiger partial charge >= 0.3 is 0 Å². The molecule has 2 heteroatoms. The van der Waals surface area contributed by atoms with E-state index in [-0.39, 0.29) is 23.0 Å². The number of ketones is 1. The summed E-state index contributed by atoms with van der Waals surface area (Å²) in [4.78, 5) is 12.3. The molecule has 0 radical (unpaired) electrons. The molecule has 0 heterocycles. The molecule has 17 heavy (non-hydrogen) atoms. The molecule has 0 amide bonds. The number of hydrogen-bond donors (Lipinski definition) is 1. The van der Waals surface area contributed by atoms with E-state index in [0.717, 1.165) is 18.4 Å².